The molecule has 0 spiro atoms. The summed E-state index contributed by atoms with van der Waals surface area (Å²) in [5.41, 5.74) is 1.42. The number of aromatic nitrogens is 3. The molecule has 1 N–H and O–H groups in total. The van der Waals surface area contributed by atoms with Gasteiger partial charge in [-0.1, -0.05) is 41.6 Å². The smallest absolute Gasteiger partial charge is 0.276 e. The highest BCUT2D eigenvalue weighted by Gasteiger charge is 2.19. The molecule has 2 heterocycles. The number of methoxy groups -OCH3 is 1. The Kier molecular flexibility index (Phi) is 5.48. The largest absolute Gasteiger partial charge is 0.367 e. The fourth-order valence-electron chi connectivity index (χ4n) is 2.36. The molecule has 1 aromatic carbocycles. The van der Waals surface area contributed by atoms with Gasteiger partial charge in [0.1, 0.15) is 5.69 Å². The van der Waals surface area contributed by atoms with Crippen LogP contribution in [0.5, 0.6) is 0 Å². The van der Waals surface area contributed by atoms with Crippen LogP contribution in [0.1, 0.15) is 17.5 Å². The Bertz CT molecular complexity index is 805. The van der Waals surface area contributed by atoms with Crippen LogP contribution < -0.4 is 5.32 Å². The molecule has 0 fully saturated rings. The second-order valence-electron chi connectivity index (χ2n) is 5.30. The van der Waals surface area contributed by atoms with Crippen LogP contribution in [0.2, 0.25) is 0 Å². The van der Waals surface area contributed by atoms with Crippen molar-refractivity contribution in [2.24, 2.45) is 0 Å². The van der Waals surface area contributed by atoms with Gasteiger partial charge in [-0.25, -0.2) is 0 Å². The maximum atomic E-state index is 12.3. The lowest BCUT2D eigenvalue weighted by molar-refractivity contribution is -0.131. The zero-order valence-corrected chi connectivity index (χ0v) is 13.8. The van der Waals surface area contributed by atoms with Gasteiger partial charge in [-0.3, -0.25) is 9.78 Å². The summed E-state index contributed by atoms with van der Waals surface area (Å²) in [5.74, 6) is 0.665. The van der Waals surface area contributed by atoms with Crippen molar-refractivity contribution in [3.05, 3.63) is 66.1 Å². The maximum Gasteiger partial charge on any atom is 0.276 e. The summed E-state index contributed by atoms with van der Waals surface area (Å²) < 4.78 is 10.5. The van der Waals surface area contributed by atoms with Gasteiger partial charge in [0.25, 0.3) is 11.8 Å². The molecule has 0 saturated heterocycles. The third-order valence-corrected chi connectivity index (χ3v) is 3.58. The van der Waals surface area contributed by atoms with Crippen LogP contribution in [0, 0.1) is 0 Å². The van der Waals surface area contributed by atoms with Crippen LogP contribution in [0.25, 0.3) is 11.6 Å². The van der Waals surface area contributed by atoms with E-state index in [2.05, 4.69) is 20.4 Å². The molecule has 0 bridgehead atoms. The number of hydrogen-bond acceptors (Lipinski definition) is 6. The Morgan fingerprint density at radius 3 is 2.72 bits per heavy atom. The van der Waals surface area contributed by atoms with Gasteiger partial charge < -0.3 is 14.6 Å². The van der Waals surface area contributed by atoms with E-state index in [1.165, 1.54) is 7.11 Å². The van der Waals surface area contributed by atoms with Gasteiger partial charge >= 0.3 is 0 Å². The molecule has 3 aromatic rings. The molecule has 1 amide bonds. The molecule has 0 aliphatic carbocycles. The summed E-state index contributed by atoms with van der Waals surface area (Å²) in [7, 11) is 1.51. The van der Waals surface area contributed by atoms with Gasteiger partial charge in [0, 0.05) is 26.3 Å². The molecule has 0 saturated carbocycles. The van der Waals surface area contributed by atoms with Gasteiger partial charge in [-0.2, -0.15) is 4.98 Å². The fourth-order valence-corrected chi connectivity index (χ4v) is 2.36. The van der Waals surface area contributed by atoms with Crippen LogP contribution in [-0.4, -0.2) is 34.7 Å². The normalized spacial score (nSPS) is 11.9. The van der Waals surface area contributed by atoms with E-state index < -0.39 is 6.10 Å². The van der Waals surface area contributed by atoms with Gasteiger partial charge in [-0.05, 0) is 17.7 Å². The highest BCUT2D eigenvalue weighted by atomic mass is 16.5. The van der Waals surface area contributed by atoms with E-state index in [1.807, 2.05) is 42.5 Å². The second-order valence-corrected chi connectivity index (χ2v) is 5.30. The highest BCUT2D eigenvalue weighted by Crippen LogP contribution is 2.16. The number of amides is 1. The first-order chi connectivity index (χ1) is 12.3. The summed E-state index contributed by atoms with van der Waals surface area (Å²) in [6.07, 6.45) is 1.47. The monoisotopic (exact) mass is 338 g/mol. The van der Waals surface area contributed by atoms with Crippen LogP contribution in [0.3, 0.4) is 0 Å². The molecule has 7 nitrogen and oxygen atoms in total. The lowest BCUT2D eigenvalue weighted by atomic mass is 10.1. The minimum Gasteiger partial charge on any atom is -0.367 e. The average Bonchev–Trinajstić information content (AvgIpc) is 3.13. The number of nitrogens with one attached hydrogen (secondary N) is 1. The summed E-state index contributed by atoms with van der Waals surface area (Å²) >= 11 is 0. The van der Waals surface area contributed by atoms with E-state index in [9.17, 15) is 4.79 Å². The summed E-state index contributed by atoms with van der Waals surface area (Å²) in [4.78, 5) is 20.7. The number of carbonyl (C=O) groups is 1. The Labute approximate surface area is 145 Å². The molecular weight excluding hydrogens is 320 g/mol. The van der Waals surface area contributed by atoms with Crippen molar-refractivity contribution in [1.29, 1.82) is 0 Å². The van der Waals surface area contributed by atoms with Crippen molar-refractivity contribution in [3.8, 4) is 11.6 Å². The van der Waals surface area contributed by atoms with Crippen LogP contribution >= 0.6 is 0 Å². The lowest BCUT2D eigenvalue weighted by Gasteiger charge is -2.15. The SMILES string of the molecule is CO[C@H](C(=O)NCCc1noc(-c2ccccn2)n1)c1ccccc1. The van der Waals surface area contributed by atoms with Crippen molar-refractivity contribution in [3.63, 3.8) is 0 Å². The van der Waals surface area contributed by atoms with Crippen molar-refractivity contribution >= 4 is 5.91 Å². The molecule has 3 rings (SSSR count). The van der Waals surface area contributed by atoms with Gasteiger partial charge in [-0.15, -0.1) is 0 Å². The van der Waals surface area contributed by atoms with Crippen LogP contribution in [-0.2, 0) is 16.0 Å². The van der Waals surface area contributed by atoms with Gasteiger partial charge in [0.15, 0.2) is 11.9 Å². The molecule has 128 valence electrons. The quantitative estimate of drug-likeness (QED) is 0.710. The molecule has 7 heteroatoms. The summed E-state index contributed by atoms with van der Waals surface area (Å²) in [6.45, 7) is 0.382. The predicted molar refractivity (Wildman–Crippen MR) is 90.4 cm³/mol. The zero-order valence-electron chi connectivity index (χ0n) is 13.8. The predicted octanol–water partition coefficient (Wildman–Crippen LogP) is 2.18. The average molecular weight is 338 g/mol. The first-order valence-electron chi connectivity index (χ1n) is 7.87. The third-order valence-electron chi connectivity index (χ3n) is 3.58. The topological polar surface area (TPSA) is 90.1 Å². The molecule has 0 aliphatic heterocycles. The molecule has 0 unspecified atom stereocenters. The van der Waals surface area contributed by atoms with E-state index in [-0.39, 0.29) is 5.91 Å². The standard InChI is InChI=1S/C18H18N4O3/c1-24-16(13-7-3-2-4-8-13)17(23)20-12-10-15-21-18(25-22-15)14-9-5-6-11-19-14/h2-9,11,16H,10,12H2,1H3,(H,20,23)/t16-/m0/s1. The maximum absolute atomic E-state index is 12.3. The Morgan fingerprint density at radius 1 is 1.20 bits per heavy atom. The van der Waals surface area contributed by atoms with E-state index in [4.69, 9.17) is 9.26 Å². The van der Waals surface area contributed by atoms with Crippen molar-refractivity contribution in [2.45, 2.75) is 12.5 Å². The number of ether oxygens (including phenoxy) is 1. The summed E-state index contributed by atoms with van der Waals surface area (Å²) in [6, 6.07) is 14.8. The van der Waals surface area contributed by atoms with E-state index >= 15 is 0 Å². The second kappa shape index (κ2) is 8.16. The minimum absolute atomic E-state index is 0.206. The zero-order chi connectivity index (χ0) is 17.5. The Balaban J connectivity index is 1.54. The highest BCUT2D eigenvalue weighted by molar-refractivity contribution is 5.82. The first kappa shape index (κ1) is 16.8. The fraction of sp³-hybridized carbons (Fsp3) is 0.222. The number of benzene rings is 1. The van der Waals surface area contributed by atoms with Crippen LogP contribution in [0.15, 0.2) is 59.3 Å². The lowest BCUT2D eigenvalue weighted by Crippen LogP contribution is -2.32. The van der Waals surface area contributed by atoms with Crippen LogP contribution in [0.4, 0.5) is 0 Å². The number of carbonyl (C=O) groups excluding carboxylic acids is 1. The molecular formula is C18H18N4O3. The number of rotatable bonds is 7. The van der Waals surface area contributed by atoms with E-state index in [0.717, 1.165) is 5.56 Å². The van der Waals surface area contributed by atoms with Gasteiger partial charge in [0.2, 0.25) is 0 Å². The molecule has 1 atom stereocenters. The number of pyridine rings is 1. The molecule has 0 radical (unpaired) electrons. The molecule has 0 aliphatic rings. The van der Waals surface area contributed by atoms with E-state index in [1.54, 1.807) is 12.3 Å². The van der Waals surface area contributed by atoms with Gasteiger partial charge in [0.05, 0.1) is 0 Å². The third kappa shape index (κ3) is 4.27. The Hall–Kier alpha value is -3.06. The minimum atomic E-state index is -0.643. The Morgan fingerprint density at radius 2 is 2.00 bits per heavy atom. The number of nitrogens with zero attached hydrogens (tertiary/aromatic N) is 3. The van der Waals surface area contributed by atoms with Crippen molar-refractivity contribution in [2.75, 3.05) is 13.7 Å². The number of hydrogen-bond donors (Lipinski definition) is 1. The van der Waals surface area contributed by atoms with Crippen molar-refractivity contribution in [1.82, 2.24) is 20.4 Å². The summed E-state index contributed by atoms with van der Waals surface area (Å²) in [5, 5.41) is 6.73. The molecule has 25 heavy (non-hydrogen) atoms. The van der Waals surface area contributed by atoms with Crippen molar-refractivity contribution < 1.29 is 14.1 Å². The molecule has 2 aromatic heterocycles. The van der Waals surface area contributed by atoms with E-state index in [0.29, 0.717) is 30.4 Å². The first-order valence-corrected chi connectivity index (χ1v) is 7.87.